The molecular weight excluding hydrogens is 394 g/mol. The van der Waals surface area contributed by atoms with Crippen molar-refractivity contribution in [2.24, 2.45) is 12.0 Å². The first-order chi connectivity index (χ1) is 14.6. The lowest BCUT2D eigenvalue weighted by Crippen LogP contribution is -2.39. The molecule has 0 saturated carbocycles. The van der Waals surface area contributed by atoms with Gasteiger partial charge in [0.15, 0.2) is 11.8 Å². The molecule has 2 heterocycles. The number of guanidine groups is 1. The maximum absolute atomic E-state index is 4.79. The molecule has 2 N–H and O–H groups in total. The summed E-state index contributed by atoms with van der Waals surface area (Å²) in [5.74, 6) is 3.71. The van der Waals surface area contributed by atoms with E-state index in [9.17, 15) is 0 Å². The highest BCUT2D eigenvalue weighted by molar-refractivity contribution is 7.98. The van der Waals surface area contributed by atoms with Crippen molar-refractivity contribution >= 4 is 23.4 Å². The van der Waals surface area contributed by atoms with E-state index in [0.717, 1.165) is 49.4 Å². The zero-order chi connectivity index (χ0) is 21.3. The molecule has 1 atom stereocenters. The molecule has 1 aromatic heterocycles. The standard InChI is InChI=1S/C22H35N7S/c1-17(19-9-7-10-20(15-19)29-12-5-6-13-29)25-22(23-11-8-14-30-4)24-16-21-27-26-18(2)28(21)3/h7,9-10,15,17H,5-6,8,11-14,16H2,1-4H3,(H2,23,24,25). The van der Waals surface area contributed by atoms with E-state index < -0.39 is 0 Å². The molecule has 1 aliphatic rings. The maximum atomic E-state index is 4.79. The smallest absolute Gasteiger partial charge is 0.192 e. The van der Waals surface area contributed by atoms with Crippen molar-refractivity contribution in [1.29, 1.82) is 0 Å². The van der Waals surface area contributed by atoms with Crippen LogP contribution >= 0.6 is 11.8 Å². The van der Waals surface area contributed by atoms with Gasteiger partial charge in [-0.25, -0.2) is 4.99 Å². The summed E-state index contributed by atoms with van der Waals surface area (Å²) in [4.78, 5) is 7.26. The number of nitrogens with zero attached hydrogens (tertiary/aromatic N) is 5. The van der Waals surface area contributed by atoms with E-state index in [1.807, 2.05) is 30.3 Å². The van der Waals surface area contributed by atoms with Crippen LogP contribution in [0.3, 0.4) is 0 Å². The van der Waals surface area contributed by atoms with Gasteiger partial charge in [0.25, 0.3) is 0 Å². The molecule has 3 rings (SSSR count). The molecule has 0 bridgehead atoms. The Kier molecular flexibility index (Phi) is 8.42. The summed E-state index contributed by atoms with van der Waals surface area (Å²) in [6.07, 6.45) is 5.81. The van der Waals surface area contributed by atoms with Crippen LogP contribution in [0, 0.1) is 6.92 Å². The van der Waals surface area contributed by atoms with Crippen molar-refractivity contribution in [2.75, 3.05) is 36.5 Å². The van der Waals surface area contributed by atoms with Crippen molar-refractivity contribution in [3.63, 3.8) is 0 Å². The highest BCUT2D eigenvalue weighted by atomic mass is 32.2. The van der Waals surface area contributed by atoms with Gasteiger partial charge in [-0.2, -0.15) is 11.8 Å². The Bertz CT molecular complexity index is 827. The van der Waals surface area contributed by atoms with Crippen LogP contribution < -0.4 is 15.5 Å². The number of hydrogen-bond acceptors (Lipinski definition) is 5. The molecule has 1 fully saturated rings. The summed E-state index contributed by atoms with van der Waals surface area (Å²) in [6.45, 7) is 7.85. The number of aliphatic imine (C=N–C) groups is 1. The second-order valence-corrected chi connectivity index (χ2v) is 8.80. The molecule has 1 saturated heterocycles. The van der Waals surface area contributed by atoms with Gasteiger partial charge in [-0.3, -0.25) is 0 Å². The van der Waals surface area contributed by atoms with Crippen LogP contribution in [-0.4, -0.2) is 52.4 Å². The molecule has 0 radical (unpaired) electrons. The van der Waals surface area contributed by atoms with Crippen LogP contribution in [0.15, 0.2) is 29.3 Å². The second kappa shape index (κ2) is 11.2. The Balaban J connectivity index is 1.68. The van der Waals surface area contributed by atoms with E-state index in [1.54, 1.807) is 0 Å². The number of rotatable bonds is 9. The SMILES string of the molecule is CSCCCNC(=NCc1nnc(C)n1C)NC(C)c1cccc(N2CCCC2)c1. The molecule has 0 spiro atoms. The van der Waals surface area contributed by atoms with E-state index >= 15 is 0 Å². The molecule has 1 unspecified atom stereocenters. The summed E-state index contributed by atoms with van der Waals surface area (Å²) in [6, 6.07) is 9.02. The van der Waals surface area contributed by atoms with Gasteiger partial charge in [0.2, 0.25) is 0 Å². The van der Waals surface area contributed by atoms with Gasteiger partial charge >= 0.3 is 0 Å². The monoisotopic (exact) mass is 429 g/mol. The average molecular weight is 430 g/mol. The van der Waals surface area contributed by atoms with E-state index in [1.165, 1.54) is 24.1 Å². The Labute approximate surface area is 184 Å². The number of aryl methyl sites for hydroxylation is 1. The molecule has 7 nitrogen and oxygen atoms in total. The molecule has 1 aromatic carbocycles. The van der Waals surface area contributed by atoms with Crippen molar-refractivity contribution in [1.82, 2.24) is 25.4 Å². The quantitative estimate of drug-likeness (QED) is 0.362. The van der Waals surface area contributed by atoms with Gasteiger partial charge in [-0.1, -0.05) is 12.1 Å². The predicted molar refractivity (Wildman–Crippen MR) is 127 cm³/mol. The van der Waals surface area contributed by atoms with Crippen molar-refractivity contribution in [3.8, 4) is 0 Å². The third-order valence-electron chi connectivity index (χ3n) is 5.57. The maximum Gasteiger partial charge on any atom is 0.192 e. The summed E-state index contributed by atoms with van der Waals surface area (Å²) < 4.78 is 1.98. The van der Waals surface area contributed by atoms with Crippen LogP contribution in [0.4, 0.5) is 5.69 Å². The van der Waals surface area contributed by atoms with Crippen molar-refractivity contribution < 1.29 is 0 Å². The third kappa shape index (κ3) is 6.14. The Hall–Kier alpha value is -2.22. The second-order valence-electron chi connectivity index (χ2n) is 7.82. The zero-order valence-corrected chi connectivity index (χ0v) is 19.5. The molecule has 1 aliphatic heterocycles. The normalized spacial score (nSPS) is 15.5. The summed E-state index contributed by atoms with van der Waals surface area (Å²) in [7, 11) is 1.98. The van der Waals surface area contributed by atoms with E-state index in [0.29, 0.717) is 6.54 Å². The van der Waals surface area contributed by atoms with E-state index in [-0.39, 0.29) is 6.04 Å². The topological polar surface area (TPSA) is 70.4 Å². The fraction of sp³-hybridized carbons (Fsp3) is 0.591. The summed E-state index contributed by atoms with van der Waals surface area (Å²) in [5.41, 5.74) is 2.59. The van der Waals surface area contributed by atoms with Gasteiger partial charge in [0, 0.05) is 32.4 Å². The van der Waals surface area contributed by atoms with Crippen LogP contribution in [0.25, 0.3) is 0 Å². The minimum absolute atomic E-state index is 0.153. The van der Waals surface area contributed by atoms with Gasteiger partial charge < -0.3 is 20.1 Å². The minimum atomic E-state index is 0.153. The first-order valence-electron chi connectivity index (χ1n) is 10.8. The van der Waals surface area contributed by atoms with Gasteiger partial charge in [0.05, 0.1) is 6.04 Å². The number of hydrogen-bond donors (Lipinski definition) is 2. The Morgan fingerprint density at radius 3 is 2.77 bits per heavy atom. The summed E-state index contributed by atoms with van der Waals surface area (Å²) in [5, 5.41) is 15.4. The zero-order valence-electron chi connectivity index (χ0n) is 18.7. The largest absolute Gasteiger partial charge is 0.372 e. The first kappa shape index (κ1) is 22.5. The van der Waals surface area contributed by atoms with E-state index in [2.05, 4.69) is 63.2 Å². The van der Waals surface area contributed by atoms with Crippen LogP contribution in [0.5, 0.6) is 0 Å². The highest BCUT2D eigenvalue weighted by Gasteiger charge is 2.15. The Morgan fingerprint density at radius 1 is 1.27 bits per heavy atom. The minimum Gasteiger partial charge on any atom is -0.372 e. The van der Waals surface area contributed by atoms with Gasteiger partial charge in [-0.15, -0.1) is 10.2 Å². The molecule has 2 aromatic rings. The van der Waals surface area contributed by atoms with Crippen molar-refractivity contribution in [3.05, 3.63) is 41.5 Å². The lowest BCUT2D eigenvalue weighted by Gasteiger charge is -2.22. The fourth-order valence-corrected chi connectivity index (χ4v) is 4.00. The molecule has 30 heavy (non-hydrogen) atoms. The lowest BCUT2D eigenvalue weighted by molar-refractivity contribution is 0.673. The molecule has 0 amide bonds. The Morgan fingerprint density at radius 2 is 2.07 bits per heavy atom. The number of benzene rings is 1. The average Bonchev–Trinajstić information content (AvgIpc) is 3.40. The molecular formula is C22H35N7S. The molecule has 164 valence electrons. The number of nitrogens with one attached hydrogen (secondary N) is 2. The molecule has 0 aliphatic carbocycles. The van der Waals surface area contributed by atoms with Crippen LogP contribution in [-0.2, 0) is 13.6 Å². The number of aromatic nitrogens is 3. The highest BCUT2D eigenvalue weighted by Crippen LogP contribution is 2.24. The predicted octanol–water partition coefficient (Wildman–Crippen LogP) is 3.27. The number of anilines is 1. The van der Waals surface area contributed by atoms with Crippen molar-refractivity contribution in [2.45, 2.75) is 45.7 Å². The third-order valence-corrected chi connectivity index (χ3v) is 6.27. The van der Waals surface area contributed by atoms with Crippen LogP contribution in [0.2, 0.25) is 0 Å². The van der Waals surface area contributed by atoms with Crippen LogP contribution in [0.1, 0.15) is 49.4 Å². The first-order valence-corrected chi connectivity index (χ1v) is 12.2. The van der Waals surface area contributed by atoms with Gasteiger partial charge in [-0.05, 0) is 62.8 Å². The summed E-state index contributed by atoms with van der Waals surface area (Å²) >= 11 is 1.87. The van der Waals surface area contributed by atoms with Gasteiger partial charge in [0.1, 0.15) is 12.4 Å². The lowest BCUT2D eigenvalue weighted by atomic mass is 10.1. The van der Waals surface area contributed by atoms with E-state index in [4.69, 9.17) is 4.99 Å². The fourth-order valence-electron chi connectivity index (χ4n) is 3.57. The molecule has 8 heteroatoms. The number of thioether (sulfide) groups is 1.